The van der Waals surface area contributed by atoms with Crippen LogP contribution < -0.4 is 0 Å². The van der Waals surface area contributed by atoms with E-state index in [2.05, 4.69) is 36.3 Å². The lowest BCUT2D eigenvalue weighted by Crippen LogP contribution is -2.26. The number of nitrogens with zero attached hydrogens (tertiary/aromatic N) is 3. The van der Waals surface area contributed by atoms with Crippen LogP contribution in [0.3, 0.4) is 0 Å². The molecule has 0 heterocycles. The number of nitro benzene ring substituents is 1. The molecule has 0 aliphatic heterocycles. The molecule has 0 saturated heterocycles. The van der Waals surface area contributed by atoms with Crippen molar-refractivity contribution in [3.8, 4) is 11.1 Å². The number of benzene rings is 2. The van der Waals surface area contributed by atoms with Gasteiger partial charge in [0.15, 0.2) is 0 Å². The Kier molecular flexibility index (Phi) is 7.62. The molecule has 32 heavy (non-hydrogen) atoms. The zero-order valence-corrected chi connectivity index (χ0v) is 18.8. The summed E-state index contributed by atoms with van der Waals surface area (Å²) in [6, 6.07) is 11.5. The Bertz CT molecular complexity index is 1020. The number of fused-ring (bicyclic) bond motifs is 3. The Hall–Kier alpha value is -3.22. The fourth-order valence-corrected chi connectivity index (χ4v) is 4.90. The van der Waals surface area contributed by atoms with E-state index in [-0.39, 0.29) is 22.4 Å². The molecule has 0 spiro atoms. The Morgan fingerprint density at radius 3 is 2.22 bits per heavy atom. The quantitative estimate of drug-likeness (QED) is 0.182. The lowest BCUT2D eigenvalue weighted by atomic mass is 9.70. The fraction of sp³-hybridized carbons (Fsp3) is 0.440. The van der Waals surface area contributed by atoms with Gasteiger partial charge in [-0.3, -0.25) is 10.1 Å². The summed E-state index contributed by atoms with van der Waals surface area (Å²) in [7, 11) is 0. The summed E-state index contributed by atoms with van der Waals surface area (Å²) in [6.07, 6.45) is 8.03. The van der Waals surface area contributed by atoms with Gasteiger partial charge >= 0.3 is 0 Å². The van der Waals surface area contributed by atoms with E-state index in [1.807, 2.05) is 12.1 Å². The van der Waals surface area contributed by atoms with E-state index in [1.165, 1.54) is 11.8 Å². The maximum Gasteiger partial charge on any atom is 0.269 e. The molecule has 3 rings (SSSR count). The largest absolute Gasteiger partial charge is 0.411 e. The average Bonchev–Trinajstić information content (AvgIpc) is 3.07. The highest BCUT2D eigenvalue weighted by atomic mass is 16.6. The van der Waals surface area contributed by atoms with Crippen LogP contribution in [-0.4, -0.2) is 27.3 Å². The lowest BCUT2D eigenvalue weighted by Gasteiger charge is -2.32. The molecule has 7 nitrogen and oxygen atoms in total. The van der Waals surface area contributed by atoms with Crippen LogP contribution in [0.1, 0.15) is 75.5 Å². The molecule has 0 amide bonds. The topological polar surface area (TPSA) is 108 Å². The zero-order valence-electron chi connectivity index (χ0n) is 18.8. The Balaban J connectivity index is 2.14. The van der Waals surface area contributed by atoms with E-state index in [0.29, 0.717) is 12.1 Å². The van der Waals surface area contributed by atoms with Crippen molar-refractivity contribution in [2.24, 2.45) is 10.3 Å². The predicted octanol–water partition coefficient (Wildman–Crippen LogP) is 6.46. The highest BCUT2D eigenvalue weighted by molar-refractivity contribution is 5.96. The van der Waals surface area contributed by atoms with Gasteiger partial charge in [-0.25, -0.2) is 0 Å². The molecule has 170 valence electrons. The van der Waals surface area contributed by atoms with Gasteiger partial charge in [0, 0.05) is 36.6 Å². The maximum absolute atomic E-state index is 11.5. The van der Waals surface area contributed by atoms with Crippen LogP contribution in [0.2, 0.25) is 0 Å². The summed E-state index contributed by atoms with van der Waals surface area (Å²) in [5, 5.41) is 35.9. The van der Waals surface area contributed by atoms with Crippen LogP contribution >= 0.6 is 0 Å². The van der Waals surface area contributed by atoms with Crippen LogP contribution in [0.4, 0.5) is 5.69 Å². The Morgan fingerprint density at radius 2 is 1.66 bits per heavy atom. The van der Waals surface area contributed by atoms with Gasteiger partial charge < -0.3 is 10.4 Å². The van der Waals surface area contributed by atoms with Crippen LogP contribution in [0.25, 0.3) is 11.1 Å². The normalized spacial score (nSPS) is 14.5. The van der Waals surface area contributed by atoms with Crippen LogP contribution in [0.15, 0.2) is 46.7 Å². The third-order valence-corrected chi connectivity index (χ3v) is 6.49. The number of unbranched alkanes of at least 4 members (excludes halogenated alkanes) is 2. The first-order valence-electron chi connectivity index (χ1n) is 11.3. The molecule has 2 aromatic carbocycles. The molecule has 0 aromatic heterocycles. The third-order valence-electron chi connectivity index (χ3n) is 6.49. The lowest BCUT2D eigenvalue weighted by molar-refractivity contribution is -0.384. The highest BCUT2D eigenvalue weighted by Gasteiger charge is 2.43. The van der Waals surface area contributed by atoms with Crippen molar-refractivity contribution in [3.05, 3.63) is 63.2 Å². The number of oxime groups is 2. The first-order chi connectivity index (χ1) is 15.5. The molecule has 2 aromatic rings. The van der Waals surface area contributed by atoms with Crippen LogP contribution in [-0.2, 0) is 11.8 Å². The van der Waals surface area contributed by atoms with Crippen LogP contribution in [0, 0.1) is 10.1 Å². The van der Waals surface area contributed by atoms with Crippen molar-refractivity contribution in [3.63, 3.8) is 0 Å². The summed E-state index contributed by atoms with van der Waals surface area (Å²) in [5.41, 5.74) is 5.85. The molecule has 0 saturated carbocycles. The monoisotopic (exact) mass is 437 g/mol. The first-order valence-corrected chi connectivity index (χ1v) is 11.3. The summed E-state index contributed by atoms with van der Waals surface area (Å²) >= 11 is 0. The summed E-state index contributed by atoms with van der Waals surface area (Å²) in [6.45, 7) is 4.34. The second kappa shape index (κ2) is 10.4. The van der Waals surface area contributed by atoms with Gasteiger partial charge in [-0.2, -0.15) is 0 Å². The van der Waals surface area contributed by atoms with Crippen molar-refractivity contribution in [2.75, 3.05) is 0 Å². The van der Waals surface area contributed by atoms with E-state index < -0.39 is 0 Å². The first kappa shape index (κ1) is 23.4. The van der Waals surface area contributed by atoms with Crippen molar-refractivity contribution in [2.45, 2.75) is 70.6 Å². The SMILES string of the molecule is CCCCC1(CCCC)c2cc(C/C(C/C=N/O)=N/O)ccc2-c2ccc([N+](=O)[O-])cc21. The molecule has 1 aliphatic rings. The Labute approximate surface area is 188 Å². The van der Waals surface area contributed by atoms with Crippen molar-refractivity contribution >= 4 is 17.6 Å². The second-order valence-electron chi connectivity index (χ2n) is 8.50. The molecule has 0 atom stereocenters. The number of hydrogen-bond acceptors (Lipinski definition) is 6. The zero-order chi connectivity index (χ0) is 23.1. The number of nitro groups is 1. The standard InChI is InChI=1S/C25H31N3O4/c1-3-5-12-25(13-6-4-2)23-16-18(15-19(27-30)11-14-26-29)7-9-21(23)22-10-8-20(28(31)32)17-24(22)25/h7-10,14,16-17,29-30H,3-6,11-13,15H2,1-2H3/b26-14+,27-19+. The van der Waals surface area contributed by atoms with E-state index in [4.69, 9.17) is 5.21 Å². The maximum atomic E-state index is 11.5. The summed E-state index contributed by atoms with van der Waals surface area (Å²) < 4.78 is 0. The third kappa shape index (κ3) is 4.52. The van der Waals surface area contributed by atoms with Gasteiger partial charge in [0.05, 0.1) is 10.6 Å². The number of hydrogen-bond donors (Lipinski definition) is 2. The molecule has 0 bridgehead atoms. The molecule has 0 radical (unpaired) electrons. The number of rotatable bonds is 11. The molecule has 1 aliphatic carbocycles. The van der Waals surface area contributed by atoms with Gasteiger partial charge in [0.25, 0.3) is 5.69 Å². The van der Waals surface area contributed by atoms with E-state index in [1.54, 1.807) is 12.1 Å². The minimum atomic E-state index is -0.314. The van der Waals surface area contributed by atoms with Gasteiger partial charge in [0.1, 0.15) is 0 Å². The van der Waals surface area contributed by atoms with Gasteiger partial charge in [-0.1, -0.05) is 62.9 Å². The smallest absolute Gasteiger partial charge is 0.269 e. The van der Waals surface area contributed by atoms with Crippen molar-refractivity contribution < 1.29 is 15.3 Å². The van der Waals surface area contributed by atoms with E-state index >= 15 is 0 Å². The minimum Gasteiger partial charge on any atom is -0.411 e. The number of non-ortho nitro benzene ring substituents is 1. The van der Waals surface area contributed by atoms with Crippen molar-refractivity contribution in [1.82, 2.24) is 0 Å². The molecular weight excluding hydrogens is 406 g/mol. The van der Waals surface area contributed by atoms with Crippen molar-refractivity contribution in [1.29, 1.82) is 0 Å². The average molecular weight is 438 g/mol. The van der Waals surface area contributed by atoms with Gasteiger partial charge in [-0.05, 0) is 46.7 Å². The van der Waals surface area contributed by atoms with Gasteiger partial charge in [0.2, 0.25) is 0 Å². The Morgan fingerprint density at radius 1 is 1.03 bits per heavy atom. The second-order valence-corrected chi connectivity index (χ2v) is 8.50. The fourth-order valence-electron chi connectivity index (χ4n) is 4.90. The molecule has 0 fully saturated rings. The molecule has 7 heteroatoms. The van der Waals surface area contributed by atoms with E-state index in [9.17, 15) is 15.3 Å². The molecule has 0 unspecified atom stereocenters. The highest BCUT2D eigenvalue weighted by Crippen LogP contribution is 2.55. The van der Waals surface area contributed by atoms with E-state index in [0.717, 1.165) is 60.8 Å². The predicted molar refractivity (Wildman–Crippen MR) is 126 cm³/mol. The van der Waals surface area contributed by atoms with Gasteiger partial charge in [-0.15, -0.1) is 5.16 Å². The summed E-state index contributed by atoms with van der Waals surface area (Å²) in [4.78, 5) is 11.2. The molecular formula is C25H31N3O4. The van der Waals surface area contributed by atoms with Crippen LogP contribution in [0.5, 0.6) is 0 Å². The molecule has 2 N–H and O–H groups in total. The summed E-state index contributed by atoms with van der Waals surface area (Å²) in [5.74, 6) is 0. The minimum absolute atomic E-state index is 0.132.